The van der Waals surface area contributed by atoms with Gasteiger partial charge in [-0.05, 0) is 71.7 Å². The van der Waals surface area contributed by atoms with Crippen molar-refractivity contribution < 1.29 is 14.7 Å². The van der Waals surface area contributed by atoms with Crippen molar-refractivity contribution in [2.24, 2.45) is 0 Å². The number of benzene rings is 4. The lowest BCUT2D eigenvalue weighted by Gasteiger charge is -2.21. The Morgan fingerprint density at radius 3 is 2.22 bits per heavy atom. The Hall–Kier alpha value is -4.55. The molecule has 0 bridgehead atoms. The number of amides is 1. The number of anilines is 1. The number of carboxylic acid groups (broad SMARTS) is 1. The molecule has 1 amide bonds. The van der Waals surface area contributed by atoms with Gasteiger partial charge in [-0.1, -0.05) is 78.9 Å². The summed E-state index contributed by atoms with van der Waals surface area (Å²) in [7, 11) is 0. The summed E-state index contributed by atoms with van der Waals surface area (Å²) in [5.41, 5.74) is 6.13. The lowest BCUT2D eigenvalue weighted by Crippen LogP contribution is -2.11. The Morgan fingerprint density at radius 1 is 0.878 bits per heavy atom. The Morgan fingerprint density at radius 2 is 1.54 bits per heavy atom. The van der Waals surface area contributed by atoms with Crippen molar-refractivity contribution in [3.8, 4) is 0 Å². The summed E-state index contributed by atoms with van der Waals surface area (Å²) in [6.07, 6.45) is 4.47. The minimum atomic E-state index is -0.797. The summed E-state index contributed by atoms with van der Waals surface area (Å²) in [6, 6.07) is 37.1. The quantitative estimate of drug-likeness (QED) is 0.0969. The number of hydrogen-bond donors (Lipinski definition) is 2. The molecule has 1 aromatic heterocycles. The number of aliphatic carboxylic acids is 1. The van der Waals surface area contributed by atoms with Gasteiger partial charge in [-0.3, -0.25) is 9.59 Å². The molecule has 0 radical (unpaired) electrons. The molecule has 0 atom stereocenters. The maximum atomic E-state index is 13.0. The highest BCUT2D eigenvalue weighted by Crippen LogP contribution is 2.32. The van der Waals surface area contributed by atoms with Crippen LogP contribution in [-0.4, -0.2) is 27.3 Å². The number of rotatable bonds is 11. The summed E-state index contributed by atoms with van der Waals surface area (Å²) in [5.74, 6) is -0.329. The van der Waals surface area contributed by atoms with Crippen LogP contribution in [0.15, 0.2) is 126 Å². The molecule has 6 heteroatoms. The fourth-order valence-electron chi connectivity index (χ4n) is 4.97. The van der Waals surface area contributed by atoms with E-state index in [0.717, 1.165) is 32.6 Å². The van der Waals surface area contributed by atoms with Crippen LogP contribution in [0.25, 0.3) is 16.5 Å². The third-order valence-corrected chi connectivity index (χ3v) is 8.13. The van der Waals surface area contributed by atoms with Gasteiger partial charge in [0.2, 0.25) is 5.91 Å². The topological polar surface area (TPSA) is 71.3 Å². The number of carbonyl (C=O) groups is 2. The van der Waals surface area contributed by atoms with Crippen LogP contribution in [0, 0.1) is 0 Å². The molecule has 0 aliphatic heterocycles. The van der Waals surface area contributed by atoms with Crippen molar-refractivity contribution in [2.45, 2.75) is 30.7 Å². The van der Waals surface area contributed by atoms with E-state index in [0.29, 0.717) is 12.2 Å². The summed E-state index contributed by atoms with van der Waals surface area (Å²) >= 11 is 1.55. The molecule has 0 aliphatic carbocycles. The molecule has 0 fully saturated rings. The van der Waals surface area contributed by atoms with Crippen molar-refractivity contribution in [2.75, 3.05) is 11.1 Å². The van der Waals surface area contributed by atoms with Crippen LogP contribution in [0.2, 0.25) is 0 Å². The average molecular weight is 561 g/mol. The van der Waals surface area contributed by atoms with Gasteiger partial charge in [0, 0.05) is 34.5 Å². The highest BCUT2D eigenvalue weighted by atomic mass is 32.2. The maximum absolute atomic E-state index is 13.0. The third-order valence-electron chi connectivity index (χ3n) is 6.97. The first-order chi connectivity index (χ1) is 20.0. The standard InChI is InChI=1S/C35H32N2O3S/c1-25(23-33(38)36-30-15-8-9-16-32(30)41-22-10-17-34(39)40)28-18-19-31-29(24-28)20-21-37(31)35(26-11-4-2-5-12-26)27-13-6-3-7-14-27/h2-9,11-16,18-21,23-24,35H,10,17,22H2,1H3,(H,36,38)(H,39,40). The molecular weight excluding hydrogens is 528 g/mol. The number of hydrogen-bond acceptors (Lipinski definition) is 3. The van der Waals surface area contributed by atoms with Crippen molar-refractivity contribution in [3.63, 3.8) is 0 Å². The van der Waals surface area contributed by atoms with E-state index < -0.39 is 5.97 Å². The highest BCUT2D eigenvalue weighted by Gasteiger charge is 2.18. The average Bonchev–Trinajstić information content (AvgIpc) is 3.40. The van der Waals surface area contributed by atoms with Gasteiger partial charge in [0.25, 0.3) is 0 Å². The second-order valence-electron chi connectivity index (χ2n) is 9.88. The molecule has 0 aliphatic rings. The summed E-state index contributed by atoms with van der Waals surface area (Å²) in [4.78, 5) is 24.7. The summed E-state index contributed by atoms with van der Waals surface area (Å²) in [6.45, 7) is 1.95. The largest absolute Gasteiger partial charge is 0.481 e. The molecule has 206 valence electrons. The number of thioether (sulfide) groups is 1. The van der Waals surface area contributed by atoms with Crippen molar-refractivity contribution in [3.05, 3.63) is 138 Å². The predicted octanol–water partition coefficient (Wildman–Crippen LogP) is 8.28. The van der Waals surface area contributed by atoms with E-state index in [1.165, 1.54) is 11.1 Å². The van der Waals surface area contributed by atoms with Gasteiger partial charge in [0.05, 0.1) is 11.7 Å². The molecule has 5 nitrogen and oxygen atoms in total. The lowest BCUT2D eigenvalue weighted by atomic mass is 9.98. The molecule has 0 unspecified atom stereocenters. The van der Waals surface area contributed by atoms with Crippen molar-refractivity contribution in [1.82, 2.24) is 4.57 Å². The van der Waals surface area contributed by atoms with Gasteiger partial charge >= 0.3 is 5.97 Å². The van der Waals surface area contributed by atoms with Gasteiger partial charge in [-0.25, -0.2) is 0 Å². The second kappa shape index (κ2) is 13.2. The Kier molecular flexibility index (Phi) is 9.02. The normalized spacial score (nSPS) is 11.6. The minimum Gasteiger partial charge on any atom is -0.481 e. The fraction of sp³-hybridized carbons (Fsp3) is 0.143. The second-order valence-corrected chi connectivity index (χ2v) is 11.0. The van der Waals surface area contributed by atoms with Crippen LogP contribution in [0.5, 0.6) is 0 Å². The monoisotopic (exact) mass is 560 g/mol. The first-order valence-electron chi connectivity index (χ1n) is 13.6. The van der Waals surface area contributed by atoms with E-state index in [4.69, 9.17) is 5.11 Å². The fourth-order valence-corrected chi connectivity index (χ4v) is 5.93. The zero-order chi connectivity index (χ0) is 28.6. The van der Waals surface area contributed by atoms with Crippen LogP contribution < -0.4 is 5.32 Å². The molecule has 1 heterocycles. The Labute approximate surface area is 244 Å². The van der Waals surface area contributed by atoms with E-state index in [2.05, 4.69) is 88.9 Å². The molecular formula is C35H32N2O3S. The van der Waals surface area contributed by atoms with Gasteiger partial charge in [0.15, 0.2) is 0 Å². The van der Waals surface area contributed by atoms with E-state index in [1.54, 1.807) is 17.8 Å². The Balaban J connectivity index is 1.35. The van der Waals surface area contributed by atoms with E-state index in [-0.39, 0.29) is 18.4 Å². The molecule has 4 aromatic carbocycles. The molecule has 2 N–H and O–H groups in total. The van der Waals surface area contributed by atoms with Gasteiger partial charge in [-0.15, -0.1) is 11.8 Å². The van der Waals surface area contributed by atoms with Gasteiger partial charge in [-0.2, -0.15) is 0 Å². The number of para-hydroxylation sites is 1. The van der Waals surface area contributed by atoms with Crippen molar-refractivity contribution >= 4 is 45.8 Å². The number of allylic oxidation sites excluding steroid dienone is 1. The molecule has 5 aromatic rings. The van der Waals surface area contributed by atoms with E-state index in [9.17, 15) is 9.59 Å². The molecule has 41 heavy (non-hydrogen) atoms. The molecule has 0 spiro atoms. The smallest absolute Gasteiger partial charge is 0.303 e. The van der Waals surface area contributed by atoms with Crippen molar-refractivity contribution in [1.29, 1.82) is 0 Å². The molecule has 5 rings (SSSR count). The number of aromatic nitrogens is 1. The SMILES string of the molecule is CC(=CC(=O)Nc1ccccc1SCCCC(=O)O)c1ccc2c(ccn2C(c2ccccc2)c2ccccc2)c1. The van der Waals surface area contributed by atoms with Crippen LogP contribution >= 0.6 is 11.8 Å². The van der Waals surface area contributed by atoms with Gasteiger partial charge < -0.3 is 15.0 Å². The van der Waals surface area contributed by atoms with Crippen LogP contribution in [0.3, 0.4) is 0 Å². The number of carboxylic acids is 1. The van der Waals surface area contributed by atoms with Crippen LogP contribution in [-0.2, 0) is 9.59 Å². The zero-order valence-corrected chi connectivity index (χ0v) is 23.7. The van der Waals surface area contributed by atoms with Crippen LogP contribution in [0.1, 0.15) is 42.5 Å². The summed E-state index contributed by atoms with van der Waals surface area (Å²) in [5, 5.41) is 13.0. The van der Waals surface area contributed by atoms with Crippen LogP contribution in [0.4, 0.5) is 5.69 Å². The maximum Gasteiger partial charge on any atom is 0.303 e. The summed E-state index contributed by atoms with van der Waals surface area (Å²) < 4.78 is 2.31. The van der Waals surface area contributed by atoms with Gasteiger partial charge in [0.1, 0.15) is 0 Å². The van der Waals surface area contributed by atoms with E-state index in [1.807, 2.05) is 43.3 Å². The first-order valence-corrected chi connectivity index (χ1v) is 14.6. The third kappa shape index (κ3) is 6.97. The number of nitrogens with one attached hydrogen (secondary N) is 1. The number of carbonyl (C=O) groups excluding carboxylic acids is 1. The van der Waals surface area contributed by atoms with E-state index >= 15 is 0 Å². The molecule has 0 saturated carbocycles. The minimum absolute atomic E-state index is 0.0465. The lowest BCUT2D eigenvalue weighted by molar-refractivity contribution is -0.137. The molecule has 0 saturated heterocycles. The predicted molar refractivity (Wildman–Crippen MR) is 168 cm³/mol. The number of nitrogens with zero attached hydrogens (tertiary/aromatic N) is 1. The zero-order valence-electron chi connectivity index (χ0n) is 22.9. The first kappa shape index (κ1) is 28.0. The highest BCUT2D eigenvalue weighted by molar-refractivity contribution is 7.99. The Bertz CT molecular complexity index is 1640. The number of fused-ring (bicyclic) bond motifs is 1.